The van der Waals surface area contributed by atoms with Crippen LogP contribution >= 0.6 is 0 Å². The van der Waals surface area contributed by atoms with Gasteiger partial charge in [-0.2, -0.15) is 13.9 Å². The van der Waals surface area contributed by atoms with Crippen molar-refractivity contribution in [2.24, 2.45) is 5.92 Å². The molecule has 1 saturated carbocycles. The molecule has 1 aromatic carbocycles. The van der Waals surface area contributed by atoms with E-state index in [1.165, 1.54) is 22.8 Å². The van der Waals surface area contributed by atoms with Crippen LogP contribution in [0, 0.1) is 11.7 Å². The lowest BCUT2D eigenvalue weighted by atomic mass is 9.76. The van der Waals surface area contributed by atoms with E-state index in [1.54, 1.807) is 18.5 Å². The molecule has 1 aliphatic heterocycles. The number of alkyl halides is 2. The average Bonchev–Trinajstić information content (AvgIpc) is 3.33. The van der Waals surface area contributed by atoms with Gasteiger partial charge in [0.25, 0.3) is 5.91 Å². The van der Waals surface area contributed by atoms with Gasteiger partial charge in [0.15, 0.2) is 11.5 Å². The minimum Gasteiger partial charge on any atom is -0.434 e. The summed E-state index contributed by atoms with van der Waals surface area (Å²) in [4.78, 5) is 26.4. The summed E-state index contributed by atoms with van der Waals surface area (Å²) >= 11 is 0. The third kappa shape index (κ3) is 3.40. The molecule has 0 saturated heterocycles. The number of fused-ring (bicyclic) bond motifs is 9. The summed E-state index contributed by atoms with van der Waals surface area (Å²) < 4.78 is 47.8. The monoisotopic (exact) mass is 506 g/mol. The Morgan fingerprint density at radius 2 is 1.92 bits per heavy atom. The van der Waals surface area contributed by atoms with Gasteiger partial charge in [-0.3, -0.25) is 4.79 Å². The molecule has 2 atom stereocenters. The minimum atomic E-state index is -3.05. The highest BCUT2D eigenvalue weighted by molar-refractivity contribution is 5.98. The summed E-state index contributed by atoms with van der Waals surface area (Å²) in [7, 11) is 0. The Labute approximate surface area is 208 Å². The number of hydrogen-bond acceptors (Lipinski definition) is 6. The number of halogens is 3. The van der Waals surface area contributed by atoms with E-state index in [0.29, 0.717) is 46.3 Å². The van der Waals surface area contributed by atoms with Crippen molar-refractivity contribution in [3.05, 3.63) is 70.8 Å². The van der Waals surface area contributed by atoms with Crippen molar-refractivity contribution in [2.75, 3.05) is 0 Å². The molecule has 2 bridgehead atoms. The Morgan fingerprint density at radius 3 is 2.65 bits per heavy atom. The maximum Gasteiger partial charge on any atom is 0.387 e. The molecule has 7 rings (SSSR count). The zero-order chi connectivity index (χ0) is 25.4. The summed E-state index contributed by atoms with van der Waals surface area (Å²) in [6, 6.07) is 4.03. The fourth-order valence-corrected chi connectivity index (χ4v) is 5.95. The van der Waals surface area contributed by atoms with Crippen LogP contribution in [-0.2, 0) is 0 Å². The molecular formula is C26H21F3N6O2. The summed E-state index contributed by atoms with van der Waals surface area (Å²) in [5.41, 5.74) is 2.68. The Kier molecular flexibility index (Phi) is 4.79. The molecule has 0 radical (unpaired) electrons. The van der Waals surface area contributed by atoms with Gasteiger partial charge in [0.1, 0.15) is 17.3 Å². The number of rotatable bonds is 4. The second kappa shape index (κ2) is 7.99. The van der Waals surface area contributed by atoms with E-state index in [4.69, 9.17) is 4.74 Å². The molecule has 11 heteroatoms. The average molecular weight is 506 g/mol. The standard InChI is InChI=1S/C26H21F3N6O2/c1-11-5-12(6-11)23-30-8-13(9-31-23)21-16(27)10-35-24(33-21)20-15-7-17(22(20)34-35)32-25(36)14-3-2-4-18(19(14)15)37-26(28)29/h2-4,8-12,15,17,26H,5-7H2,1H3,(H,32,36). The molecule has 37 heavy (non-hydrogen) atoms. The Bertz CT molecular complexity index is 1570. The van der Waals surface area contributed by atoms with Gasteiger partial charge in [0, 0.05) is 46.5 Å². The molecule has 1 fully saturated rings. The smallest absolute Gasteiger partial charge is 0.387 e. The molecular weight excluding hydrogens is 485 g/mol. The maximum absolute atomic E-state index is 15.2. The molecule has 4 aromatic rings. The zero-order valence-corrected chi connectivity index (χ0v) is 19.7. The summed E-state index contributed by atoms with van der Waals surface area (Å²) in [6.45, 7) is -0.865. The lowest BCUT2D eigenvalue weighted by Gasteiger charge is -2.31. The first kappa shape index (κ1) is 22.2. The predicted octanol–water partition coefficient (Wildman–Crippen LogP) is 4.76. The molecule has 3 aliphatic rings. The van der Waals surface area contributed by atoms with E-state index in [-0.39, 0.29) is 17.0 Å². The molecule has 1 amide bonds. The second-order valence-corrected chi connectivity index (χ2v) is 10.0. The molecule has 8 nitrogen and oxygen atoms in total. The molecule has 188 valence electrons. The van der Waals surface area contributed by atoms with E-state index < -0.39 is 30.3 Å². The second-order valence-electron chi connectivity index (χ2n) is 10.0. The summed E-state index contributed by atoms with van der Waals surface area (Å²) in [6.07, 6.45) is 6.88. The molecule has 4 heterocycles. The first-order chi connectivity index (χ1) is 17.9. The first-order valence-electron chi connectivity index (χ1n) is 12.2. The van der Waals surface area contributed by atoms with Gasteiger partial charge >= 0.3 is 6.61 Å². The number of ether oxygens (including phenoxy) is 1. The fraction of sp³-hybridized carbons (Fsp3) is 0.346. The lowest BCUT2D eigenvalue weighted by molar-refractivity contribution is -0.0505. The van der Waals surface area contributed by atoms with Gasteiger partial charge in [0.05, 0.1) is 17.9 Å². The Morgan fingerprint density at radius 1 is 1.14 bits per heavy atom. The minimum absolute atomic E-state index is 0.0721. The van der Waals surface area contributed by atoms with Gasteiger partial charge in [0.2, 0.25) is 0 Å². The highest BCUT2D eigenvalue weighted by atomic mass is 19.3. The third-order valence-electron chi connectivity index (χ3n) is 7.64. The number of nitrogens with zero attached hydrogens (tertiary/aromatic N) is 5. The van der Waals surface area contributed by atoms with Crippen LogP contribution in [0.15, 0.2) is 36.8 Å². The van der Waals surface area contributed by atoms with Crippen molar-refractivity contribution in [1.29, 1.82) is 0 Å². The number of nitrogens with one attached hydrogen (secondary N) is 1. The van der Waals surface area contributed by atoms with Crippen molar-refractivity contribution in [3.8, 4) is 17.0 Å². The lowest BCUT2D eigenvalue weighted by Crippen LogP contribution is -2.27. The third-order valence-corrected chi connectivity index (χ3v) is 7.64. The normalized spacial score (nSPS) is 23.9. The van der Waals surface area contributed by atoms with Crippen LogP contribution in [0.1, 0.15) is 77.1 Å². The number of hydrogen-bond donors (Lipinski definition) is 1. The SMILES string of the molecule is CC1CC(c2ncc(-c3nc4c5c(nn4cc3F)C3CC5c4c(OC(F)F)cccc4C(=O)N3)cn2)C1. The van der Waals surface area contributed by atoms with Crippen molar-refractivity contribution >= 4 is 11.6 Å². The Balaban J connectivity index is 1.35. The van der Waals surface area contributed by atoms with Crippen LogP contribution < -0.4 is 10.1 Å². The highest BCUT2D eigenvalue weighted by Crippen LogP contribution is 2.51. The van der Waals surface area contributed by atoms with Crippen LogP contribution in [0.4, 0.5) is 13.2 Å². The van der Waals surface area contributed by atoms with Gasteiger partial charge < -0.3 is 10.1 Å². The van der Waals surface area contributed by atoms with Crippen LogP contribution in [0.2, 0.25) is 0 Å². The van der Waals surface area contributed by atoms with Gasteiger partial charge in [-0.15, -0.1) is 0 Å². The predicted molar refractivity (Wildman–Crippen MR) is 125 cm³/mol. The number of carbonyl (C=O) groups is 1. The number of amides is 1. The van der Waals surface area contributed by atoms with E-state index >= 15 is 4.39 Å². The van der Waals surface area contributed by atoms with E-state index in [2.05, 4.69) is 32.3 Å². The molecule has 3 aromatic heterocycles. The number of benzene rings is 1. The van der Waals surface area contributed by atoms with E-state index in [1.807, 2.05) is 0 Å². The molecule has 2 unspecified atom stereocenters. The Hall–Kier alpha value is -4.02. The van der Waals surface area contributed by atoms with Crippen molar-refractivity contribution in [3.63, 3.8) is 0 Å². The number of carbonyl (C=O) groups excluding carboxylic acids is 1. The maximum atomic E-state index is 15.2. The van der Waals surface area contributed by atoms with Crippen molar-refractivity contribution in [1.82, 2.24) is 29.9 Å². The largest absolute Gasteiger partial charge is 0.434 e. The summed E-state index contributed by atoms with van der Waals surface area (Å²) in [5, 5.41) is 7.43. The van der Waals surface area contributed by atoms with Gasteiger partial charge in [-0.1, -0.05) is 13.0 Å². The topological polar surface area (TPSA) is 94.3 Å². The summed E-state index contributed by atoms with van der Waals surface area (Å²) in [5.74, 6) is 0.162. The molecule has 0 spiro atoms. The van der Waals surface area contributed by atoms with Crippen LogP contribution in [0.5, 0.6) is 5.75 Å². The van der Waals surface area contributed by atoms with E-state index in [0.717, 1.165) is 18.7 Å². The van der Waals surface area contributed by atoms with Crippen LogP contribution in [0.3, 0.4) is 0 Å². The van der Waals surface area contributed by atoms with Crippen LogP contribution in [-0.4, -0.2) is 37.1 Å². The van der Waals surface area contributed by atoms with Gasteiger partial charge in [-0.05, 0) is 37.3 Å². The van der Waals surface area contributed by atoms with Crippen LogP contribution in [0.25, 0.3) is 16.9 Å². The van der Waals surface area contributed by atoms with Crippen molar-refractivity contribution in [2.45, 2.75) is 50.7 Å². The number of aromatic nitrogens is 5. The van der Waals surface area contributed by atoms with Gasteiger partial charge in [-0.25, -0.2) is 23.9 Å². The highest BCUT2D eigenvalue weighted by Gasteiger charge is 2.44. The fourth-order valence-electron chi connectivity index (χ4n) is 5.95. The van der Waals surface area contributed by atoms with E-state index in [9.17, 15) is 13.6 Å². The zero-order valence-electron chi connectivity index (χ0n) is 19.7. The molecule has 1 N–H and O–H groups in total. The molecule has 2 aliphatic carbocycles. The van der Waals surface area contributed by atoms with Crippen molar-refractivity contribution < 1.29 is 22.7 Å². The first-order valence-corrected chi connectivity index (χ1v) is 12.2. The quantitative estimate of drug-likeness (QED) is 0.429.